The highest BCUT2D eigenvalue weighted by atomic mass is 16.3. The van der Waals surface area contributed by atoms with Crippen molar-refractivity contribution in [3.8, 4) is 51.0 Å². The van der Waals surface area contributed by atoms with Gasteiger partial charge in [0.05, 0.1) is 11.0 Å². The Morgan fingerprint density at radius 1 is 0.292 bits per heavy atom. The molecule has 14 aromatic rings. The smallest absolute Gasteiger partial charge is 0.164 e. The van der Waals surface area contributed by atoms with Gasteiger partial charge in [0.2, 0.25) is 0 Å². The first kappa shape index (κ1) is 35.7. The number of furan rings is 2. The van der Waals surface area contributed by atoms with Crippen LogP contribution in [-0.2, 0) is 0 Å². The Kier molecular flexibility index (Phi) is 7.59. The Balaban J connectivity index is 1.04. The molecule has 0 aliphatic carbocycles. The van der Waals surface area contributed by atoms with E-state index in [2.05, 4.69) is 144 Å². The van der Waals surface area contributed by atoms with Crippen molar-refractivity contribution in [2.75, 3.05) is 0 Å². The molecule has 0 saturated heterocycles. The number of para-hydroxylation sites is 3. The predicted molar refractivity (Wildman–Crippen MR) is 265 cm³/mol. The Bertz CT molecular complexity index is 4250. The summed E-state index contributed by atoms with van der Waals surface area (Å²) >= 11 is 0. The van der Waals surface area contributed by atoms with Crippen LogP contribution in [0, 0.1) is 0 Å². The topological polar surface area (TPSA) is 69.9 Å². The van der Waals surface area contributed by atoms with Crippen molar-refractivity contribution in [3.63, 3.8) is 0 Å². The maximum absolute atomic E-state index is 6.33. The second-order valence-corrected chi connectivity index (χ2v) is 16.7. The van der Waals surface area contributed by atoms with Crippen LogP contribution in [0.25, 0.3) is 138 Å². The average Bonchev–Trinajstić information content (AvgIpc) is 4.06. The summed E-state index contributed by atoms with van der Waals surface area (Å²) in [6.07, 6.45) is 0. The molecule has 0 amide bonds. The van der Waals surface area contributed by atoms with Crippen molar-refractivity contribution in [1.82, 2.24) is 19.5 Å². The maximum Gasteiger partial charge on any atom is 0.164 e. The molecule has 65 heavy (non-hydrogen) atoms. The summed E-state index contributed by atoms with van der Waals surface area (Å²) in [5.41, 5.74) is 11.5. The molecule has 6 heteroatoms. The fourth-order valence-electron chi connectivity index (χ4n) is 10.1. The number of fused-ring (bicyclic) bond motifs is 14. The first-order chi connectivity index (χ1) is 32.2. The van der Waals surface area contributed by atoms with E-state index >= 15 is 0 Å². The van der Waals surface area contributed by atoms with Gasteiger partial charge in [-0.25, -0.2) is 15.0 Å². The summed E-state index contributed by atoms with van der Waals surface area (Å²) in [5, 5.41) is 11.6. The monoisotopic (exact) mass is 830 g/mol. The Hall–Kier alpha value is -8.87. The zero-order valence-electron chi connectivity index (χ0n) is 34.7. The predicted octanol–water partition coefficient (Wildman–Crippen LogP) is 15.7. The molecule has 0 N–H and O–H groups in total. The lowest BCUT2D eigenvalue weighted by Gasteiger charge is -2.15. The van der Waals surface area contributed by atoms with Gasteiger partial charge in [0, 0.05) is 65.6 Å². The Labute approximate surface area is 371 Å². The van der Waals surface area contributed by atoms with Crippen LogP contribution in [0.3, 0.4) is 0 Å². The molecule has 0 radical (unpaired) electrons. The van der Waals surface area contributed by atoms with Crippen molar-refractivity contribution in [2.45, 2.75) is 0 Å². The molecule has 4 aromatic heterocycles. The van der Waals surface area contributed by atoms with Gasteiger partial charge in [0.1, 0.15) is 22.3 Å². The zero-order chi connectivity index (χ0) is 42.6. The summed E-state index contributed by atoms with van der Waals surface area (Å²) in [7, 11) is 0. The molecule has 6 nitrogen and oxygen atoms in total. The molecule has 0 bridgehead atoms. The van der Waals surface area contributed by atoms with E-state index in [1.54, 1.807) is 0 Å². The highest BCUT2D eigenvalue weighted by molar-refractivity contribution is 6.33. The van der Waals surface area contributed by atoms with Gasteiger partial charge in [0.15, 0.2) is 17.5 Å². The average molecular weight is 831 g/mol. The van der Waals surface area contributed by atoms with Crippen LogP contribution in [0.15, 0.2) is 215 Å². The first-order valence-electron chi connectivity index (χ1n) is 21.8. The Morgan fingerprint density at radius 2 is 0.815 bits per heavy atom. The lowest BCUT2D eigenvalue weighted by Crippen LogP contribution is -2.01. The van der Waals surface area contributed by atoms with Crippen LogP contribution >= 0.6 is 0 Å². The molecule has 0 aliphatic heterocycles. The maximum atomic E-state index is 6.33. The number of hydrogen-bond donors (Lipinski definition) is 0. The largest absolute Gasteiger partial charge is 0.456 e. The van der Waals surface area contributed by atoms with Gasteiger partial charge in [-0.15, -0.1) is 0 Å². The van der Waals surface area contributed by atoms with E-state index in [9.17, 15) is 0 Å². The van der Waals surface area contributed by atoms with Crippen molar-refractivity contribution < 1.29 is 8.83 Å². The molecule has 10 aromatic carbocycles. The number of hydrogen-bond acceptors (Lipinski definition) is 5. The minimum absolute atomic E-state index is 0.570. The van der Waals surface area contributed by atoms with E-state index in [1.165, 1.54) is 32.3 Å². The van der Waals surface area contributed by atoms with Gasteiger partial charge in [-0.1, -0.05) is 158 Å². The lowest BCUT2D eigenvalue weighted by molar-refractivity contribution is 0.668. The summed E-state index contributed by atoms with van der Waals surface area (Å²) in [6.45, 7) is 0. The fraction of sp³-hybridized carbons (Fsp3) is 0. The van der Waals surface area contributed by atoms with Crippen molar-refractivity contribution in [2.24, 2.45) is 0 Å². The second-order valence-electron chi connectivity index (χ2n) is 16.7. The molecule has 14 rings (SSSR count). The lowest BCUT2D eigenvalue weighted by atomic mass is 9.95. The van der Waals surface area contributed by atoms with Gasteiger partial charge in [-0.2, -0.15) is 0 Å². The highest BCUT2D eigenvalue weighted by Gasteiger charge is 2.23. The van der Waals surface area contributed by atoms with E-state index in [1.807, 2.05) is 66.7 Å². The van der Waals surface area contributed by atoms with Crippen LogP contribution in [0.2, 0.25) is 0 Å². The molecular formula is C59H34N4O2. The quantitative estimate of drug-likeness (QED) is 0.162. The van der Waals surface area contributed by atoms with Crippen LogP contribution in [0.5, 0.6) is 0 Å². The molecule has 0 atom stereocenters. The second kappa shape index (κ2) is 13.8. The minimum atomic E-state index is 0.570. The number of nitrogens with zero attached hydrogens (tertiary/aromatic N) is 4. The van der Waals surface area contributed by atoms with Gasteiger partial charge in [0.25, 0.3) is 0 Å². The van der Waals surface area contributed by atoms with E-state index < -0.39 is 0 Å². The summed E-state index contributed by atoms with van der Waals surface area (Å²) in [6, 6.07) is 72.3. The fourth-order valence-corrected chi connectivity index (χ4v) is 10.1. The van der Waals surface area contributed by atoms with Crippen molar-refractivity contribution >= 4 is 87.2 Å². The molecule has 0 aliphatic rings. The van der Waals surface area contributed by atoms with Gasteiger partial charge in [-0.3, -0.25) is 0 Å². The van der Waals surface area contributed by atoms with Gasteiger partial charge < -0.3 is 13.4 Å². The van der Waals surface area contributed by atoms with E-state index in [0.29, 0.717) is 17.5 Å². The molecule has 302 valence electrons. The summed E-state index contributed by atoms with van der Waals surface area (Å²) < 4.78 is 15.1. The van der Waals surface area contributed by atoms with Crippen molar-refractivity contribution in [3.05, 3.63) is 206 Å². The van der Waals surface area contributed by atoms with E-state index in [-0.39, 0.29) is 0 Å². The van der Waals surface area contributed by atoms with Gasteiger partial charge >= 0.3 is 0 Å². The van der Waals surface area contributed by atoms with E-state index in [4.69, 9.17) is 23.8 Å². The minimum Gasteiger partial charge on any atom is -0.456 e. The molecule has 4 heterocycles. The highest BCUT2D eigenvalue weighted by Crippen LogP contribution is 2.46. The van der Waals surface area contributed by atoms with Crippen LogP contribution in [0.4, 0.5) is 0 Å². The molecular weight excluding hydrogens is 797 g/mol. The van der Waals surface area contributed by atoms with Gasteiger partial charge in [-0.05, 0) is 70.3 Å². The molecule has 0 fully saturated rings. The molecule has 0 unspecified atom stereocenters. The number of benzene rings is 10. The number of rotatable bonds is 5. The molecule has 0 spiro atoms. The third-order valence-corrected chi connectivity index (χ3v) is 13.0. The first-order valence-corrected chi connectivity index (χ1v) is 21.8. The van der Waals surface area contributed by atoms with Crippen LogP contribution in [0.1, 0.15) is 0 Å². The third kappa shape index (κ3) is 5.44. The number of aromatic nitrogens is 4. The SMILES string of the molecule is c1ccc(-c2nc(-c3cccc(-n4c5c(-c6ccc7oc8ccccc8c7c6)cccc5c5c6ccccc6c6ccccc6c54)c3)nc(-c3ccc4c(c3)oc3ccccc34)n2)cc1. The van der Waals surface area contributed by atoms with Crippen LogP contribution in [-0.4, -0.2) is 19.5 Å². The summed E-state index contributed by atoms with van der Waals surface area (Å²) in [5.74, 6) is 1.74. The summed E-state index contributed by atoms with van der Waals surface area (Å²) in [4.78, 5) is 15.5. The van der Waals surface area contributed by atoms with Crippen LogP contribution < -0.4 is 0 Å². The van der Waals surface area contributed by atoms with Crippen molar-refractivity contribution in [1.29, 1.82) is 0 Å². The van der Waals surface area contributed by atoms with E-state index in [0.717, 1.165) is 88.4 Å². The standard InChI is InChI=1S/C59H34N4O2/c1-2-14-35(15-3-1)57-60-58(62-59(61-57)38-28-30-45-43-20-8-10-26-50(43)65-53(45)34-38)37-16-12-17-39(32-37)63-55-40(36-29-31-52-49(33-36)44-21-9-11-27-51(44)64-52)24-13-25-48(55)54-46-22-6-4-18-41(46)42-19-5-7-23-47(42)56(54)63/h1-34H. The third-order valence-electron chi connectivity index (χ3n) is 13.0. The normalized spacial score (nSPS) is 12.0. The Morgan fingerprint density at radius 3 is 1.58 bits per heavy atom. The zero-order valence-corrected chi connectivity index (χ0v) is 34.7. The molecule has 0 saturated carbocycles.